The van der Waals surface area contributed by atoms with Crippen LogP contribution in [0.5, 0.6) is 11.5 Å². The molecule has 0 fully saturated rings. The molecule has 1 amide bonds. The monoisotopic (exact) mass is 416 g/mol. The van der Waals surface area contributed by atoms with Crippen LogP contribution in [0.2, 0.25) is 0 Å². The van der Waals surface area contributed by atoms with Crippen LogP contribution in [0.15, 0.2) is 40.7 Å². The molecular formula is C21H24N2O3S2. The highest BCUT2D eigenvalue weighted by Crippen LogP contribution is 2.31. The first-order chi connectivity index (χ1) is 13.5. The molecule has 0 aliphatic heterocycles. The van der Waals surface area contributed by atoms with E-state index >= 15 is 0 Å². The fourth-order valence-electron chi connectivity index (χ4n) is 2.87. The van der Waals surface area contributed by atoms with E-state index in [0.29, 0.717) is 30.2 Å². The molecule has 0 saturated carbocycles. The summed E-state index contributed by atoms with van der Waals surface area (Å²) in [6, 6.07) is 12.0. The van der Waals surface area contributed by atoms with Gasteiger partial charge in [-0.1, -0.05) is 23.9 Å². The summed E-state index contributed by atoms with van der Waals surface area (Å²) in [6.45, 7) is 2.55. The third-order valence-electron chi connectivity index (χ3n) is 4.49. The van der Waals surface area contributed by atoms with Crippen molar-refractivity contribution in [3.05, 3.63) is 47.5 Å². The van der Waals surface area contributed by atoms with Gasteiger partial charge in [-0.2, -0.15) is 0 Å². The van der Waals surface area contributed by atoms with E-state index in [1.54, 1.807) is 42.2 Å². The number of rotatable bonds is 8. The fourth-order valence-corrected chi connectivity index (χ4v) is 4.93. The first-order valence-electron chi connectivity index (χ1n) is 8.95. The summed E-state index contributed by atoms with van der Waals surface area (Å²) in [6.07, 6.45) is 0.476. The average molecular weight is 417 g/mol. The molecule has 1 heterocycles. The van der Waals surface area contributed by atoms with Crippen LogP contribution in [0.4, 0.5) is 0 Å². The smallest absolute Gasteiger partial charge is 0.223 e. The van der Waals surface area contributed by atoms with Crippen molar-refractivity contribution in [2.75, 3.05) is 27.0 Å². The summed E-state index contributed by atoms with van der Waals surface area (Å²) in [5, 5.41) is 0. The summed E-state index contributed by atoms with van der Waals surface area (Å²) in [7, 11) is 5.07. The predicted octanol–water partition coefficient (Wildman–Crippen LogP) is 4.76. The minimum absolute atomic E-state index is 0.114. The lowest BCUT2D eigenvalue weighted by molar-refractivity contribution is -0.129. The average Bonchev–Trinajstić information content (AvgIpc) is 3.11. The normalized spacial score (nSPS) is 10.9. The van der Waals surface area contributed by atoms with E-state index in [1.807, 2.05) is 44.3 Å². The number of ether oxygens (including phenoxy) is 2. The molecule has 0 aliphatic rings. The predicted molar refractivity (Wildman–Crippen MR) is 116 cm³/mol. The minimum Gasteiger partial charge on any atom is -0.493 e. The van der Waals surface area contributed by atoms with Gasteiger partial charge in [0.05, 0.1) is 24.4 Å². The second-order valence-electron chi connectivity index (χ2n) is 6.43. The third kappa shape index (κ3) is 4.77. The Bertz CT molecular complexity index is 938. The van der Waals surface area contributed by atoms with Crippen LogP contribution in [-0.2, 0) is 11.3 Å². The SMILES string of the molecule is COc1cc(C)c(CN(C)C(=O)CCSc2nc3ccccc3s2)cc1OC. The number of thioether (sulfide) groups is 1. The maximum atomic E-state index is 12.5. The topological polar surface area (TPSA) is 51.7 Å². The lowest BCUT2D eigenvalue weighted by Gasteiger charge is -2.20. The number of carbonyl (C=O) groups excluding carboxylic acids is 1. The standard InChI is InChI=1S/C21H24N2O3S2/c1-14-11-17(25-3)18(26-4)12-15(14)13-23(2)20(24)9-10-27-21-22-16-7-5-6-8-19(16)28-21/h5-8,11-12H,9-10,13H2,1-4H3. The summed E-state index contributed by atoms with van der Waals surface area (Å²) < 4.78 is 12.9. The molecule has 148 valence electrons. The van der Waals surface area contributed by atoms with Gasteiger partial charge < -0.3 is 14.4 Å². The molecule has 0 radical (unpaired) electrons. The maximum absolute atomic E-state index is 12.5. The molecule has 0 unspecified atom stereocenters. The maximum Gasteiger partial charge on any atom is 0.223 e. The molecule has 0 saturated heterocycles. The number of methoxy groups -OCH3 is 2. The lowest BCUT2D eigenvalue weighted by Crippen LogP contribution is -2.26. The van der Waals surface area contributed by atoms with Crippen LogP contribution in [0.3, 0.4) is 0 Å². The first-order valence-corrected chi connectivity index (χ1v) is 10.8. The molecule has 2 aromatic carbocycles. The number of nitrogens with zero attached hydrogens (tertiary/aromatic N) is 2. The zero-order chi connectivity index (χ0) is 20.1. The molecule has 7 heteroatoms. The molecule has 0 spiro atoms. The van der Waals surface area contributed by atoms with Crippen molar-refractivity contribution in [3.8, 4) is 11.5 Å². The number of hydrogen-bond donors (Lipinski definition) is 0. The lowest BCUT2D eigenvalue weighted by atomic mass is 10.1. The minimum atomic E-state index is 0.114. The van der Waals surface area contributed by atoms with Gasteiger partial charge in [0, 0.05) is 25.8 Å². The molecule has 0 atom stereocenters. The second kappa shape index (κ2) is 9.30. The van der Waals surface area contributed by atoms with Gasteiger partial charge in [0.1, 0.15) is 0 Å². The Labute approximate surface area is 173 Å². The van der Waals surface area contributed by atoms with Crippen LogP contribution in [-0.4, -0.2) is 42.8 Å². The number of para-hydroxylation sites is 1. The number of fused-ring (bicyclic) bond motifs is 1. The number of amides is 1. The van der Waals surface area contributed by atoms with Gasteiger partial charge in [-0.05, 0) is 42.3 Å². The molecule has 28 heavy (non-hydrogen) atoms. The van der Waals surface area contributed by atoms with E-state index < -0.39 is 0 Å². The Kier molecular flexibility index (Phi) is 6.80. The highest BCUT2D eigenvalue weighted by atomic mass is 32.2. The Morgan fingerprint density at radius 3 is 2.61 bits per heavy atom. The van der Waals surface area contributed by atoms with Gasteiger partial charge in [-0.3, -0.25) is 4.79 Å². The molecule has 0 aliphatic carbocycles. The van der Waals surface area contributed by atoms with Crippen LogP contribution in [0, 0.1) is 6.92 Å². The molecule has 3 rings (SSSR count). The quantitative estimate of drug-likeness (QED) is 0.496. The molecule has 0 N–H and O–H groups in total. The van der Waals surface area contributed by atoms with Crippen molar-refractivity contribution in [3.63, 3.8) is 0 Å². The number of carbonyl (C=O) groups is 1. The van der Waals surface area contributed by atoms with Crippen molar-refractivity contribution in [1.29, 1.82) is 0 Å². The number of thiazole rings is 1. The van der Waals surface area contributed by atoms with Crippen LogP contribution in [0.25, 0.3) is 10.2 Å². The molecule has 3 aromatic rings. The van der Waals surface area contributed by atoms with Gasteiger partial charge in [0.15, 0.2) is 15.8 Å². The second-order valence-corrected chi connectivity index (χ2v) is 8.80. The van der Waals surface area contributed by atoms with Crippen LogP contribution < -0.4 is 9.47 Å². The Morgan fingerprint density at radius 2 is 1.89 bits per heavy atom. The summed E-state index contributed by atoms with van der Waals surface area (Å²) in [5.74, 6) is 2.21. The van der Waals surface area contributed by atoms with E-state index in [4.69, 9.17) is 9.47 Å². The van der Waals surface area contributed by atoms with E-state index in [0.717, 1.165) is 21.0 Å². The zero-order valence-electron chi connectivity index (χ0n) is 16.5. The van der Waals surface area contributed by atoms with E-state index in [-0.39, 0.29) is 5.91 Å². The molecule has 1 aromatic heterocycles. The van der Waals surface area contributed by atoms with E-state index in [1.165, 1.54) is 4.70 Å². The van der Waals surface area contributed by atoms with Crippen molar-refractivity contribution in [2.45, 2.75) is 24.2 Å². The fraction of sp³-hybridized carbons (Fsp3) is 0.333. The zero-order valence-corrected chi connectivity index (χ0v) is 18.2. The van der Waals surface area contributed by atoms with E-state index in [9.17, 15) is 4.79 Å². The van der Waals surface area contributed by atoms with Gasteiger partial charge >= 0.3 is 0 Å². The Morgan fingerprint density at radius 1 is 1.18 bits per heavy atom. The summed E-state index contributed by atoms with van der Waals surface area (Å²) in [4.78, 5) is 18.9. The highest BCUT2D eigenvalue weighted by molar-refractivity contribution is 8.01. The number of aryl methyl sites for hydroxylation is 1. The molecule has 5 nitrogen and oxygen atoms in total. The molecule has 0 bridgehead atoms. The van der Waals surface area contributed by atoms with Crippen LogP contribution >= 0.6 is 23.1 Å². The first kappa shape index (κ1) is 20.5. The molecular weight excluding hydrogens is 392 g/mol. The summed E-state index contributed by atoms with van der Waals surface area (Å²) >= 11 is 3.31. The van der Waals surface area contributed by atoms with Gasteiger partial charge in [0.2, 0.25) is 5.91 Å². The van der Waals surface area contributed by atoms with Crippen LogP contribution in [0.1, 0.15) is 17.5 Å². The van der Waals surface area contributed by atoms with Gasteiger partial charge in [-0.25, -0.2) is 4.98 Å². The Balaban J connectivity index is 1.55. The van der Waals surface area contributed by atoms with Crippen molar-refractivity contribution in [1.82, 2.24) is 9.88 Å². The van der Waals surface area contributed by atoms with E-state index in [2.05, 4.69) is 11.1 Å². The van der Waals surface area contributed by atoms with Gasteiger partial charge in [0.25, 0.3) is 0 Å². The van der Waals surface area contributed by atoms with Crippen molar-refractivity contribution < 1.29 is 14.3 Å². The highest BCUT2D eigenvalue weighted by Gasteiger charge is 2.14. The third-order valence-corrected chi connectivity index (χ3v) is 6.67. The number of benzene rings is 2. The van der Waals surface area contributed by atoms with Crippen molar-refractivity contribution in [2.24, 2.45) is 0 Å². The number of aromatic nitrogens is 1. The number of hydrogen-bond acceptors (Lipinski definition) is 6. The Hall–Kier alpha value is -2.25. The van der Waals surface area contributed by atoms with Gasteiger partial charge in [-0.15, -0.1) is 11.3 Å². The largest absolute Gasteiger partial charge is 0.493 e. The van der Waals surface area contributed by atoms with Crippen molar-refractivity contribution >= 4 is 39.2 Å². The summed E-state index contributed by atoms with van der Waals surface area (Å²) in [5.41, 5.74) is 3.14.